The van der Waals surface area contributed by atoms with Crippen LogP contribution in [0.15, 0.2) is 0 Å². The number of hydrogen-bond donors (Lipinski definition) is 1. The monoisotopic (exact) mass is 291 g/mol. The maximum absolute atomic E-state index is 12.6. The zero-order valence-electron chi connectivity index (χ0n) is 7.55. The molecule has 0 fully saturated rings. The second-order valence-electron chi connectivity index (χ2n) is 2.71. The van der Waals surface area contributed by atoms with E-state index in [1.165, 1.54) is 0 Å². The van der Waals surface area contributed by atoms with Crippen molar-refractivity contribution in [3.05, 3.63) is 0 Å². The van der Waals surface area contributed by atoms with E-state index in [0.717, 1.165) is 0 Å². The summed E-state index contributed by atoms with van der Waals surface area (Å²) in [6.45, 7) is -2.95. The van der Waals surface area contributed by atoms with Crippen LogP contribution in [0.25, 0.3) is 0 Å². The van der Waals surface area contributed by atoms with Crippen LogP contribution in [0.2, 0.25) is 0 Å². The zero-order chi connectivity index (χ0) is 13.4. The van der Waals surface area contributed by atoms with Gasteiger partial charge in [0.25, 0.3) is 10.0 Å². The Balaban J connectivity index is 5.50. The van der Waals surface area contributed by atoms with E-state index in [2.05, 4.69) is 0 Å². The highest BCUT2D eigenvalue weighted by Crippen LogP contribution is 2.38. The Bertz CT molecular complexity index is 455. The molecule has 0 rings (SSSR count). The van der Waals surface area contributed by atoms with Gasteiger partial charge in [0.1, 0.15) is 0 Å². The highest BCUT2D eigenvalue weighted by Gasteiger charge is 2.66. The van der Waals surface area contributed by atoms with E-state index in [4.69, 9.17) is 0 Å². The molecule has 0 atom stereocenters. The third kappa shape index (κ3) is 3.01. The number of hydrogen-bond acceptors (Lipinski definition) is 4. The fourth-order valence-electron chi connectivity index (χ4n) is 0.526. The average Bonchev–Trinajstić information content (AvgIpc) is 1.99. The Kier molecular flexibility index (Phi) is 3.95. The van der Waals surface area contributed by atoms with Crippen molar-refractivity contribution in [2.75, 3.05) is 12.9 Å². The molecule has 0 saturated carbocycles. The second-order valence-corrected chi connectivity index (χ2v) is 6.44. The Morgan fingerprint density at radius 3 is 1.69 bits per heavy atom. The van der Waals surface area contributed by atoms with Gasteiger partial charge in [0.05, 0.1) is 6.26 Å². The Hall–Kier alpha value is -0.490. The van der Waals surface area contributed by atoms with Crippen molar-refractivity contribution < 1.29 is 38.8 Å². The van der Waals surface area contributed by atoms with Gasteiger partial charge in [-0.15, -0.1) is 4.13 Å². The standard InChI is InChI=1S/C4H6F5NO4S2/c1-15(11,12)10-16(13,14)4(8,9)3(6,7)2-5/h10H,2H2,1H3. The largest absolute Gasteiger partial charge is 0.424 e. The summed E-state index contributed by atoms with van der Waals surface area (Å²) in [6, 6.07) is 0. The number of halogens is 5. The molecule has 1 N–H and O–H groups in total. The van der Waals surface area contributed by atoms with Gasteiger partial charge in [-0.3, -0.25) is 0 Å². The molecule has 0 spiro atoms. The first kappa shape index (κ1) is 15.5. The molecular weight excluding hydrogens is 285 g/mol. The van der Waals surface area contributed by atoms with Gasteiger partial charge < -0.3 is 0 Å². The molecule has 0 aromatic rings. The van der Waals surface area contributed by atoms with E-state index in [9.17, 15) is 38.8 Å². The molecule has 12 heteroatoms. The van der Waals surface area contributed by atoms with Crippen LogP contribution in [0.5, 0.6) is 0 Å². The highest BCUT2D eigenvalue weighted by molar-refractivity contribution is 8.04. The molecule has 0 amide bonds. The Morgan fingerprint density at radius 2 is 1.44 bits per heavy atom. The molecule has 0 unspecified atom stereocenters. The Labute approximate surface area is 87.7 Å². The summed E-state index contributed by atoms with van der Waals surface area (Å²) in [4.78, 5) is 0. The van der Waals surface area contributed by atoms with Gasteiger partial charge in [0, 0.05) is 0 Å². The van der Waals surface area contributed by atoms with Crippen LogP contribution in [0, 0.1) is 0 Å². The van der Waals surface area contributed by atoms with E-state index in [1.807, 2.05) is 0 Å². The molecule has 0 aliphatic carbocycles. The van der Waals surface area contributed by atoms with Crippen molar-refractivity contribution in [3.63, 3.8) is 0 Å². The lowest BCUT2D eigenvalue weighted by Gasteiger charge is -2.23. The van der Waals surface area contributed by atoms with Crippen LogP contribution in [-0.4, -0.2) is 40.9 Å². The number of alkyl halides is 5. The molecule has 0 aliphatic rings. The van der Waals surface area contributed by atoms with E-state index < -0.39 is 37.9 Å². The van der Waals surface area contributed by atoms with E-state index in [1.54, 1.807) is 0 Å². The summed E-state index contributed by atoms with van der Waals surface area (Å²) < 4.78 is 103. The fourth-order valence-corrected chi connectivity index (χ4v) is 2.99. The van der Waals surface area contributed by atoms with Crippen molar-refractivity contribution in [3.8, 4) is 0 Å². The topological polar surface area (TPSA) is 80.3 Å². The summed E-state index contributed by atoms with van der Waals surface area (Å²) in [5.74, 6) is -5.52. The van der Waals surface area contributed by atoms with Crippen LogP contribution >= 0.6 is 0 Å². The van der Waals surface area contributed by atoms with Crippen molar-refractivity contribution >= 4 is 20.0 Å². The van der Waals surface area contributed by atoms with Gasteiger partial charge in [-0.05, 0) is 0 Å². The first-order chi connectivity index (χ1) is 6.77. The quantitative estimate of drug-likeness (QED) is 0.727. The molecule has 0 aromatic heterocycles. The van der Waals surface area contributed by atoms with Crippen LogP contribution in [0.3, 0.4) is 0 Å². The number of rotatable bonds is 5. The lowest BCUT2D eigenvalue weighted by molar-refractivity contribution is -0.166. The second kappa shape index (κ2) is 4.07. The summed E-state index contributed by atoms with van der Waals surface area (Å²) in [7, 11) is -11.0. The van der Waals surface area contributed by atoms with Gasteiger partial charge in [0.2, 0.25) is 10.0 Å². The molecule has 0 aliphatic heterocycles. The molecule has 0 aromatic carbocycles. The molecule has 98 valence electrons. The molecule has 0 heterocycles. The zero-order valence-corrected chi connectivity index (χ0v) is 9.18. The summed E-state index contributed by atoms with van der Waals surface area (Å²) in [5, 5.41) is -5.88. The molecule has 5 nitrogen and oxygen atoms in total. The molecule has 0 bridgehead atoms. The lowest BCUT2D eigenvalue weighted by atomic mass is 10.4. The van der Waals surface area contributed by atoms with Gasteiger partial charge in [-0.25, -0.2) is 21.2 Å². The molecule has 0 saturated heterocycles. The highest BCUT2D eigenvalue weighted by atomic mass is 32.3. The van der Waals surface area contributed by atoms with Crippen LogP contribution in [0.4, 0.5) is 22.0 Å². The minimum absolute atomic E-state index is 0.161. The first-order valence-electron chi connectivity index (χ1n) is 3.31. The van der Waals surface area contributed by atoms with Crippen LogP contribution in [-0.2, 0) is 20.0 Å². The number of sulfonamides is 2. The summed E-state index contributed by atoms with van der Waals surface area (Å²) >= 11 is 0. The predicted octanol–water partition coefficient (Wildman–Crippen LogP) is 0.0630. The molecule has 16 heavy (non-hydrogen) atoms. The average molecular weight is 291 g/mol. The van der Waals surface area contributed by atoms with E-state index in [-0.39, 0.29) is 6.26 Å². The first-order valence-corrected chi connectivity index (χ1v) is 6.69. The van der Waals surface area contributed by atoms with Crippen molar-refractivity contribution in [2.24, 2.45) is 0 Å². The van der Waals surface area contributed by atoms with Gasteiger partial charge >= 0.3 is 11.2 Å². The van der Waals surface area contributed by atoms with Crippen molar-refractivity contribution in [1.29, 1.82) is 0 Å². The minimum atomic E-state index is -6.25. The SMILES string of the molecule is CS(=O)(=O)NS(=O)(=O)C(F)(F)C(F)(F)CF. The van der Waals surface area contributed by atoms with Crippen molar-refractivity contribution in [2.45, 2.75) is 11.2 Å². The number of nitrogens with one attached hydrogen (secondary N) is 1. The molecular formula is C4H6F5NO4S2. The van der Waals surface area contributed by atoms with E-state index in [0.29, 0.717) is 4.13 Å². The summed E-state index contributed by atoms with van der Waals surface area (Å²) in [6.07, 6.45) is 0.161. The lowest BCUT2D eigenvalue weighted by Crippen LogP contribution is -2.54. The smallest absolute Gasteiger partial charge is 0.244 e. The third-order valence-electron chi connectivity index (χ3n) is 1.19. The van der Waals surface area contributed by atoms with Gasteiger partial charge in [-0.2, -0.15) is 17.6 Å². The maximum atomic E-state index is 12.6. The van der Waals surface area contributed by atoms with E-state index >= 15 is 0 Å². The molecule has 0 radical (unpaired) electrons. The van der Waals surface area contributed by atoms with Gasteiger partial charge in [0.15, 0.2) is 6.67 Å². The third-order valence-corrected chi connectivity index (χ3v) is 4.25. The van der Waals surface area contributed by atoms with Crippen LogP contribution < -0.4 is 4.13 Å². The Morgan fingerprint density at radius 1 is 1.06 bits per heavy atom. The minimum Gasteiger partial charge on any atom is -0.244 e. The maximum Gasteiger partial charge on any atom is 0.424 e. The van der Waals surface area contributed by atoms with Gasteiger partial charge in [-0.1, -0.05) is 0 Å². The van der Waals surface area contributed by atoms with Crippen LogP contribution in [0.1, 0.15) is 0 Å². The fraction of sp³-hybridized carbons (Fsp3) is 1.00. The predicted molar refractivity (Wildman–Crippen MR) is 42.8 cm³/mol. The van der Waals surface area contributed by atoms with Crippen molar-refractivity contribution in [1.82, 2.24) is 4.13 Å². The summed E-state index contributed by atoms with van der Waals surface area (Å²) in [5.41, 5.74) is 0. The normalized spacial score (nSPS) is 15.1.